The van der Waals surface area contributed by atoms with Crippen molar-refractivity contribution in [3.8, 4) is 0 Å². The van der Waals surface area contributed by atoms with E-state index in [2.05, 4.69) is 15.0 Å². The topological polar surface area (TPSA) is 62.5 Å². The number of piperazine rings is 1. The summed E-state index contributed by atoms with van der Waals surface area (Å²) < 4.78 is 5.29. The van der Waals surface area contributed by atoms with Crippen molar-refractivity contribution in [3.05, 3.63) is 40.2 Å². The summed E-state index contributed by atoms with van der Waals surface area (Å²) in [6, 6.07) is 3.98. The first kappa shape index (κ1) is 16.9. The van der Waals surface area contributed by atoms with Crippen LogP contribution in [0.2, 0.25) is 0 Å². The molecule has 6 nitrogen and oxygen atoms in total. The lowest BCUT2D eigenvalue weighted by molar-refractivity contribution is -0.127. The van der Waals surface area contributed by atoms with Crippen LogP contribution in [0.3, 0.4) is 0 Å². The molecule has 0 atom stereocenters. The van der Waals surface area contributed by atoms with Gasteiger partial charge in [0.25, 0.3) is 0 Å². The second-order valence-electron chi connectivity index (χ2n) is 6.15. The van der Waals surface area contributed by atoms with Crippen LogP contribution in [0.1, 0.15) is 36.4 Å². The lowest BCUT2D eigenvalue weighted by Crippen LogP contribution is -2.47. The Hall–Kier alpha value is -1.99. The van der Waals surface area contributed by atoms with E-state index in [1.165, 1.54) is 0 Å². The average Bonchev–Trinajstić information content (AvgIpc) is 3.25. The van der Waals surface area contributed by atoms with Crippen LogP contribution < -0.4 is 0 Å². The van der Waals surface area contributed by atoms with Crippen LogP contribution in [0.25, 0.3) is 6.08 Å². The molecule has 1 amide bonds. The number of rotatable bonds is 5. The first-order valence-corrected chi connectivity index (χ1v) is 9.05. The third-order valence-corrected chi connectivity index (χ3v) is 4.81. The Morgan fingerprint density at radius 1 is 1.38 bits per heavy atom. The Labute approximate surface area is 145 Å². The summed E-state index contributed by atoms with van der Waals surface area (Å²) in [5.74, 6) is 1.74. The van der Waals surface area contributed by atoms with Gasteiger partial charge in [0, 0.05) is 43.1 Å². The Balaban J connectivity index is 1.47. The number of hydrogen-bond donors (Lipinski definition) is 0. The fourth-order valence-electron chi connectivity index (χ4n) is 2.53. The summed E-state index contributed by atoms with van der Waals surface area (Å²) in [7, 11) is 0. The molecular weight excluding hydrogens is 324 g/mol. The van der Waals surface area contributed by atoms with Crippen LogP contribution in [-0.2, 0) is 11.3 Å². The van der Waals surface area contributed by atoms with E-state index < -0.39 is 0 Å². The summed E-state index contributed by atoms with van der Waals surface area (Å²) in [5.41, 5.74) is 0. The van der Waals surface area contributed by atoms with Crippen LogP contribution in [-0.4, -0.2) is 52.0 Å². The minimum atomic E-state index is 0.0722. The molecule has 2 aromatic heterocycles. The third-order valence-electron chi connectivity index (χ3n) is 3.98. The molecule has 3 heterocycles. The monoisotopic (exact) mass is 346 g/mol. The molecule has 1 fully saturated rings. The number of hydrogen-bond acceptors (Lipinski definition) is 6. The lowest BCUT2D eigenvalue weighted by Gasteiger charge is -2.33. The average molecular weight is 346 g/mol. The molecule has 0 aromatic carbocycles. The molecule has 0 N–H and O–H groups in total. The molecule has 128 valence electrons. The maximum atomic E-state index is 12.2. The maximum absolute atomic E-state index is 12.2. The van der Waals surface area contributed by atoms with Crippen LogP contribution in [0.15, 0.2) is 28.1 Å². The van der Waals surface area contributed by atoms with Gasteiger partial charge in [0.1, 0.15) is 0 Å². The van der Waals surface area contributed by atoms with Gasteiger partial charge in [0.15, 0.2) is 5.82 Å². The van der Waals surface area contributed by atoms with E-state index in [0.717, 1.165) is 36.9 Å². The zero-order valence-electron chi connectivity index (χ0n) is 14.0. The molecule has 0 saturated carbocycles. The van der Waals surface area contributed by atoms with E-state index in [0.29, 0.717) is 12.4 Å². The number of carbonyl (C=O) groups excluding carboxylic acids is 1. The highest BCUT2D eigenvalue weighted by Crippen LogP contribution is 2.13. The highest BCUT2D eigenvalue weighted by atomic mass is 32.1. The Bertz CT molecular complexity index is 685. The molecule has 1 saturated heterocycles. The summed E-state index contributed by atoms with van der Waals surface area (Å²) >= 11 is 1.63. The van der Waals surface area contributed by atoms with E-state index in [4.69, 9.17) is 4.52 Å². The molecule has 7 heteroatoms. The van der Waals surface area contributed by atoms with E-state index in [-0.39, 0.29) is 11.8 Å². The number of carbonyl (C=O) groups is 1. The molecule has 0 aliphatic carbocycles. The maximum Gasteiger partial charge on any atom is 0.246 e. The highest BCUT2D eigenvalue weighted by molar-refractivity contribution is 7.10. The minimum Gasteiger partial charge on any atom is -0.338 e. The molecule has 0 spiro atoms. The van der Waals surface area contributed by atoms with Crippen molar-refractivity contribution in [1.29, 1.82) is 0 Å². The van der Waals surface area contributed by atoms with Gasteiger partial charge in [-0.15, -0.1) is 11.3 Å². The predicted octanol–water partition coefficient (Wildman–Crippen LogP) is 2.61. The minimum absolute atomic E-state index is 0.0722. The highest BCUT2D eigenvalue weighted by Gasteiger charge is 2.21. The van der Waals surface area contributed by atoms with Crippen LogP contribution in [0, 0.1) is 0 Å². The van der Waals surface area contributed by atoms with Crippen LogP contribution >= 0.6 is 11.3 Å². The molecule has 3 rings (SSSR count). The molecule has 1 aliphatic rings. The van der Waals surface area contributed by atoms with E-state index in [1.54, 1.807) is 17.4 Å². The summed E-state index contributed by atoms with van der Waals surface area (Å²) in [6.45, 7) is 7.81. The summed E-state index contributed by atoms with van der Waals surface area (Å²) in [4.78, 5) is 21.8. The summed E-state index contributed by atoms with van der Waals surface area (Å²) in [6.07, 6.45) is 3.54. The second-order valence-corrected chi connectivity index (χ2v) is 7.13. The van der Waals surface area contributed by atoms with Gasteiger partial charge in [-0.3, -0.25) is 9.69 Å². The molecular formula is C17H22N4O2S. The van der Waals surface area contributed by atoms with Crippen molar-refractivity contribution in [2.24, 2.45) is 0 Å². The quantitative estimate of drug-likeness (QED) is 0.779. The number of thiophene rings is 1. The molecule has 2 aromatic rings. The van der Waals surface area contributed by atoms with Crippen LogP contribution in [0.5, 0.6) is 0 Å². The number of nitrogens with zero attached hydrogens (tertiary/aromatic N) is 4. The Kier molecular flexibility index (Phi) is 5.42. The van der Waals surface area contributed by atoms with Gasteiger partial charge in [0.05, 0.1) is 6.54 Å². The first-order valence-electron chi connectivity index (χ1n) is 8.17. The fourth-order valence-corrected chi connectivity index (χ4v) is 3.15. The van der Waals surface area contributed by atoms with E-state index in [1.807, 2.05) is 42.3 Å². The molecule has 0 radical (unpaired) electrons. The molecule has 0 bridgehead atoms. The Morgan fingerprint density at radius 3 is 2.79 bits per heavy atom. The molecule has 24 heavy (non-hydrogen) atoms. The largest absolute Gasteiger partial charge is 0.338 e. The van der Waals surface area contributed by atoms with Gasteiger partial charge in [-0.1, -0.05) is 25.1 Å². The molecule has 1 aliphatic heterocycles. The van der Waals surface area contributed by atoms with Crippen molar-refractivity contribution in [2.75, 3.05) is 26.2 Å². The van der Waals surface area contributed by atoms with Gasteiger partial charge >= 0.3 is 0 Å². The SMILES string of the molecule is CC(C)c1noc(CN2CCN(C(=O)C=Cc3cccs3)CC2)n1. The van der Waals surface area contributed by atoms with Gasteiger partial charge in [0.2, 0.25) is 11.8 Å². The standard InChI is InChI=1S/C17H22N4O2S/c1-13(2)17-18-15(23-19-17)12-20-7-9-21(10-8-20)16(22)6-5-14-4-3-11-24-14/h3-6,11,13H,7-10,12H2,1-2H3. The number of amides is 1. The lowest BCUT2D eigenvalue weighted by atomic mass is 10.2. The van der Waals surface area contributed by atoms with Gasteiger partial charge in [-0.2, -0.15) is 4.98 Å². The van der Waals surface area contributed by atoms with Crippen LogP contribution in [0.4, 0.5) is 0 Å². The van der Waals surface area contributed by atoms with E-state index >= 15 is 0 Å². The fraction of sp³-hybridized carbons (Fsp3) is 0.471. The second kappa shape index (κ2) is 7.72. The van der Waals surface area contributed by atoms with Crippen molar-refractivity contribution in [1.82, 2.24) is 19.9 Å². The van der Waals surface area contributed by atoms with Gasteiger partial charge in [-0.05, 0) is 17.5 Å². The smallest absolute Gasteiger partial charge is 0.246 e. The van der Waals surface area contributed by atoms with Gasteiger partial charge < -0.3 is 9.42 Å². The number of aromatic nitrogens is 2. The molecule has 0 unspecified atom stereocenters. The first-order chi connectivity index (χ1) is 11.6. The van der Waals surface area contributed by atoms with Crippen molar-refractivity contribution in [3.63, 3.8) is 0 Å². The van der Waals surface area contributed by atoms with Crippen molar-refractivity contribution >= 4 is 23.3 Å². The Morgan fingerprint density at radius 2 is 2.17 bits per heavy atom. The van der Waals surface area contributed by atoms with E-state index in [9.17, 15) is 4.79 Å². The van der Waals surface area contributed by atoms with Gasteiger partial charge in [-0.25, -0.2) is 0 Å². The predicted molar refractivity (Wildman–Crippen MR) is 93.6 cm³/mol. The normalized spacial score (nSPS) is 16.4. The zero-order valence-corrected chi connectivity index (χ0v) is 14.8. The van der Waals surface area contributed by atoms with Crippen molar-refractivity contribution < 1.29 is 9.32 Å². The zero-order chi connectivity index (χ0) is 16.9. The van der Waals surface area contributed by atoms with Crippen molar-refractivity contribution in [2.45, 2.75) is 26.3 Å². The summed E-state index contributed by atoms with van der Waals surface area (Å²) in [5, 5.41) is 5.99. The third kappa shape index (κ3) is 4.30.